The van der Waals surface area contributed by atoms with Crippen LogP contribution in [-0.4, -0.2) is 54.2 Å². The molecule has 7 nitrogen and oxygen atoms in total. The van der Waals surface area contributed by atoms with Crippen LogP contribution in [0.3, 0.4) is 0 Å². The van der Waals surface area contributed by atoms with E-state index in [1.165, 1.54) is 12.7 Å². The van der Waals surface area contributed by atoms with Gasteiger partial charge in [-0.25, -0.2) is 0 Å². The maximum Gasteiger partial charge on any atom is 0.294 e. The minimum Gasteiger partial charge on any atom is -0.493 e. The van der Waals surface area contributed by atoms with Crippen LogP contribution < -0.4 is 9.47 Å². The molecule has 0 N–H and O–H groups in total. The molecule has 2 aromatic rings. The molecule has 166 valence electrons. The van der Waals surface area contributed by atoms with E-state index >= 15 is 0 Å². The number of amides is 3. The Morgan fingerprint density at radius 1 is 1.16 bits per heavy atom. The van der Waals surface area contributed by atoms with Crippen LogP contribution in [0.4, 0.5) is 4.79 Å². The van der Waals surface area contributed by atoms with Crippen molar-refractivity contribution in [2.24, 2.45) is 0 Å². The molecule has 2 aliphatic rings. The zero-order valence-electron chi connectivity index (χ0n) is 17.6. The van der Waals surface area contributed by atoms with Crippen LogP contribution in [0, 0.1) is 3.57 Å². The average molecular weight is 564 g/mol. The summed E-state index contributed by atoms with van der Waals surface area (Å²) in [5.41, 5.74) is 3.04. The number of benzene rings is 2. The number of thioether (sulfide) groups is 1. The van der Waals surface area contributed by atoms with Crippen molar-refractivity contribution in [2.75, 3.05) is 27.3 Å². The van der Waals surface area contributed by atoms with Gasteiger partial charge in [0, 0.05) is 13.1 Å². The monoisotopic (exact) mass is 564 g/mol. The highest BCUT2D eigenvalue weighted by atomic mass is 127. The molecule has 0 saturated carbocycles. The van der Waals surface area contributed by atoms with Gasteiger partial charge in [0.15, 0.2) is 11.5 Å². The number of halogens is 1. The lowest BCUT2D eigenvalue weighted by molar-refractivity contribution is -0.136. The summed E-state index contributed by atoms with van der Waals surface area (Å²) in [6.45, 7) is 0.810. The van der Waals surface area contributed by atoms with Gasteiger partial charge in [0.25, 0.3) is 11.1 Å². The zero-order chi connectivity index (χ0) is 22.8. The summed E-state index contributed by atoms with van der Waals surface area (Å²) in [4.78, 5) is 41.2. The van der Waals surface area contributed by atoms with E-state index in [4.69, 9.17) is 9.47 Å². The Morgan fingerprint density at radius 3 is 2.62 bits per heavy atom. The van der Waals surface area contributed by atoms with E-state index in [2.05, 4.69) is 28.7 Å². The van der Waals surface area contributed by atoms with Crippen molar-refractivity contribution in [3.8, 4) is 11.5 Å². The lowest BCUT2D eigenvalue weighted by Crippen LogP contribution is -2.44. The molecule has 32 heavy (non-hydrogen) atoms. The van der Waals surface area contributed by atoms with Gasteiger partial charge in [-0.2, -0.15) is 0 Å². The highest BCUT2D eigenvalue weighted by Gasteiger charge is 2.37. The molecule has 1 saturated heterocycles. The number of imide groups is 1. The minimum atomic E-state index is -0.462. The van der Waals surface area contributed by atoms with Crippen molar-refractivity contribution in [1.29, 1.82) is 0 Å². The number of hydrogen-bond donors (Lipinski definition) is 0. The zero-order valence-corrected chi connectivity index (χ0v) is 20.6. The van der Waals surface area contributed by atoms with Gasteiger partial charge >= 0.3 is 0 Å². The molecule has 3 amide bonds. The summed E-state index contributed by atoms with van der Waals surface area (Å²) >= 11 is 2.96. The number of carbonyl (C=O) groups is 3. The molecular weight excluding hydrogens is 543 g/mol. The van der Waals surface area contributed by atoms with Gasteiger partial charge in [-0.1, -0.05) is 24.3 Å². The summed E-state index contributed by atoms with van der Waals surface area (Å²) in [5.74, 6) is 0.441. The van der Waals surface area contributed by atoms with Crippen LogP contribution in [0.15, 0.2) is 41.3 Å². The highest BCUT2D eigenvalue weighted by molar-refractivity contribution is 14.1. The number of methoxy groups -OCH3 is 2. The minimum absolute atomic E-state index is 0.233. The van der Waals surface area contributed by atoms with Crippen LogP contribution in [0.25, 0.3) is 6.08 Å². The van der Waals surface area contributed by atoms with E-state index in [1.807, 2.05) is 24.3 Å². The number of hydrogen-bond acceptors (Lipinski definition) is 6. The second-order valence-corrected chi connectivity index (χ2v) is 9.50. The molecular formula is C23H21IN2O5S. The number of rotatable bonds is 5. The molecule has 2 aliphatic heterocycles. The van der Waals surface area contributed by atoms with Crippen LogP contribution >= 0.6 is 34.4 Å². The normalized spacial score (nSPS) is 17.0. The fourth-order valence-corrected chi connectivity index (χ4v) is 5.44. The Hall–Kier alpha value is -2.53. The van der Waals surface area contributed by atoms with Crippen LogP contribution in [0.2, 0.25) is 0 Å². The van der Waals surface area contributed by atoms with E-state index < -0.39 is 11.1 Å². The molecule has 0 aromatic heterocycles. The standard InChI is InChI=1S/C23H21IN2O5S/c1-30-18-10-14(9-17(24)21(18)31-2)11-19-22(28)26(23(29)32-19)13-20(27)25-8-7-15-5-3-4-6-16(15)12-25/h3-6,9-11H,7-8,12-13H2,1-2H3/b19-11+. The van der Waals surface area contributed by atoms with E-state index in [9.17, 15) is 14.4 Å². The molecule has 2 heterocycles. The van der Waals surface area contributed by atoms with Crippen molar-refractivity contribution in [2.45, 2.75) is 13.0 Å². The summed E-state index contributed by atoms with van der Waals surface area (Å²) < 4.78 is 11.5. The predicted octanol–water partition coefficient (Wildman–Crippen LogP) is 3.93. The Morgan fingerprint density at radius 2 is 1.91 bits per heavy atom. The van der Waals surface area contributed by atoms with Crippen molar-refractivity contribution in [3.63, 3.8) is 0 Å². The van der Waals surface area contributed by atoms with Gasteiger partial charge in [-0.15, -0.1) is 0 Å². The predicted molar refractivity (Wildman–Crippen MR) is 131 cm³/mol. The van der Waals surface area contributed by atoms with Crippen molar-refractivity contribution < 1.29 is 23.9 Å². The van der Waals surface area contributed by atoms with E-state index in [0.29, 0.717) is 30.2 Å². The smallest absolute Gasteiger partial charge is 0.294 e. The van der Waals surface area contributed by atoms with Gasteiger partial charge in [-0.05, 0) is 75.7 Å². The Kier molecular flexibility index (Phi) is 6.75. The number of nitrogens with zero attached hydrogens (tertiary/aromatic N) is 2. The van der Waals surface area contributed by atoms with Gasteiger partial charge < -0.3 is 14.4 Å². The third kappa shape index (κ3) is 4.49. The first-order valence-corrected chi connectivity index (χ1v) is 11.8. The maximum atomic E-state index is 12.9. The number of carbonyl (C=O) groups excluding carboxylic acids is 3. The van der Waals surface area contributed by atoms with E-state index in [0.717, 1.165) is 32.2 Å². The van der Waals surface area contributed by atoms with Gasteiger partial charge in [0.1, 0.15) is 6.54 Å². The van der Waals surface area contributed by atoms with E-state index in [-0.39, 0.29) is 17.4 Å². The van der Waals surface area contributed by atoms with Gasteiger partial charge in [0.05, 0.1) is 22.7 Å². The largest absolute Gasteiger partial charge is 0.493 e. The third-order valence-corrected chi connectivity index (χ3v) is 7.11. The lowest BCUT2D eigenvalue weighted by Gasteiger charge is -2.29. The molecule has 9 heteroatoms. The molecule has 0 spiro atoms. The second-order valence-electron chi connectivity index (χ2n) is 7.34. The molecule has 0 unspecified atom stereocenters. The first-order valence-electron chi connectivity index (χ1n) is 9.92. The average Bonchev–Trinajstić information content (AvgIpc) is 3.05. The Labute approximate surface area is 203 Å². The van der Waals surface area contributed by atoms with Gasteiger partial charge in [-0.3, -0.25) is 19.3 Å². The SMILES string of the molecule is COc1cc(/C=C2/SC(=O)N(CC(=O)N3CCc4ccccc4C3)C2=O)cc(I)c1OC. The topological polar surface area (TPSA) is 76.2 Å². The third-order valence-electron chi connectivity index (χ3n) is 5.40. The Bertz CT molecular complexity index is 1130. The summed E-state index contributed by atoms with van der Waals surface area (Å²) in [7, 11) is 3.10. The van der Waals surface area contributed by atoms with Gasteiger partial charge in [0.2, 0.25) is 5.91 Å². The molecule has 0 atom stereocenters. The summed E-state index contributed by atoms with van der Waals surface area (Å²) in [6.07, 6.45) is 2.40. The second kappa shape index (κ2) is 9.53. The fraction of sp³-hybridized carbons (Fsp3) is 0.261. The van der Waals surface area contributed by atoms with Crippen molar-refractivity contribution in [3.05, 3.63) is 61.6 Å². The fourth-order valence-electron chi connectivity index (χ4n) is 3.75. The quantitative estimate of drug-likeness (QED) is 0.405. The molecule has 0 radical (unpaired) electrons. The molecule has 0 aliphatic carbocycles. The molecule has 1 fully saturated rings. The van der Waals surface area contributed by atoms with Crippen LogP contribution in [0.1, 0.15) is 16.7 Å². The van der Waals surface area contributed by atoms with E-state index in [1.54, 1.807) is 24.2 Å². The molecule has 4 rings (SSSR count). The Balaban J connectivity index is 1.49. The molecule has 0 bridgehead atoms. The first-order chi connectivity index (χ1) is 15.4. The van der Waals surface area contributed by atoms with Crippen LogP contribution in [-0.2, 0) is 22.6 Å². The highest BCUT2D eigenvalue weighted by Crippen LogP contribution is 2.37. The number of fused-ring (bicyclic) bond motifs is 1. The first kappa shape index (κ1) is 22.7. The molecule has 2 aromatic carbocycles. The van der Waals surface area contributed by atoms with Crippen molar-refractivity contribution >= 4 is 57.5 Å². The summed E-state index contributed by atoms with van der Waals surface area (Å²) in [5, 5.41) is -0.442. The van der Waals surface area contributed by atoms with Crippen LogP contribution in [0.5, 0.6) is 11.5 Å². The summed E-state index contributed by atoms with van der Waals surface area (Å²) in [6, 6.07) is 11.6. The maximum absolute atomic E-state index is 12.9. The van der Waals surface area contributed by atoms with Crippen molar-refractivity contribution in [1.82, 2.24) is 9.80 Å². The lowest BCUT2D eigenvalue weighted by atomic mass is 10.00. The number of ether oxygens (including phenoxy) is 2.